The van der Waals surface area contributed by atoms with Crippen LogP contribution >= 0.6 is 15.9 Å². The van der Waals surface area contributed by atoms with Gasteiger partial charge in [0.2, 0.25) is 0 Å². The van der Waals surface area contributed by atoms with Crippen LogP contribution in [0.1, 0.15) is 61.4 Å². The van der Waals surface area contributed by atoms with Crippen LogP contribution in [0.3, 0.4) is 0 Å². The minimum Gasteiger partial charge on any atom is -0.347 e. The summed E-state index contributed by atoms with van der Waals surface area (Å²) < 4.78 is 0.960. The van der Waals surface area contributed by atoms with Crippen LogP contribution in [0.2, 0.25) is 0 Å². The second kappa shape index (κ2) is 7.19. The number of amides is 1. The Bertz CT molecular complexity index is 1110. The number of nitrogens with one attached hydrogen (secondary N) is 1. The van der Waals surface area contributed by atoms with Gasteiger partial charge in [-0.05, 0) is 74.6 Å². The van der Waals surface area contributed by atoms with E-state index in [1.54, 1.807) is 0 Å². The van der Waals surface area contributed by atoms with E-state index in [1.165, 1.54) is 19.3 Å². The van der Waals surface area contributed by atoms with E-state index in [2.05, 4.69) is 40.3 Å². The molecule has 0 unspecified atom stereocenters. The average Bonchev–Trinajstić information content (AvgIpc) is 2.75. The van der Waals surface area contributed by atoms with E-state index in [9.17, 15) is 4.79 Å². The number of carbonyl (C=O) groups is 1. The van der Waals surface area contributed by atoms with Crippen molar-refractivity contribution in [1.82, 2.24) is 10.3 Å². The monoisotopic (exact) mass is 462 g/mol. The minimum atomic E-state index is -0.0458. The van der Waals surface area contributed by atoms with Crippen molar-refractivity contribution in [2.75, 3.05) is 0 Å². The molecule has 0 radical (unpaired) electrons. The van der Waals surface area contributed by atoms with Crippen molar-refractivity contribution >= 4 is 32.7 Å². The van der Waals surface area contributed by atoms with Crippen molar-refractivity contribution < 1.29 is 4.79 Å². The highest BCUT2D eigenvalue weighted by atomic mass is 79.9. The Morgan fingerprint density at radius 1 is 1.00 bits per heavy atom. The smallest absolute Gasteiger partial charge is 0.252 e. The number of aromatic nitrogens is 1. The first-order valence-electron chi connectivity index (χ1n) is 10.9. The van der Waals surface area contributed by atoms with Crippen LogP contribution in [-0.2, 0) is 0 Å². The van der Waals surface area contributed by atoms with Gasteiger partial charge in [0.25, 0.3) is 5.91 Å². The summed E-state index contributed by atoms with van der Waals surface area (Å²) in [6.07, 6.45) is 6.91. The van der Waals surface area contributed by atoms with E-state index in [1.807, 2.05) is 43.3 Å². The second-order valence-corrected chi connectivity index (χ2v) is 10.4. The molecule has 1 aromatic heterocycles. The Kier molecular flexibility index (Phi) is 4.73. The van der Waals surface area contributed by atoms with Crippen LogP contribution in [0.15, 0.2) is 53.0 Å². The molecule has 2 bridgehead atoms. The predicted octanol–water partition coefficient (Wildman–Crippen LogP) is 6.82. The highest BCUT2D eigenvalue weighted by molar-refractivity contribution is 9.10. The van der Waals surface area contributed by atoms with Gasteiger partial charge in [0, 0.05) is 21.0 Å². The molecule has 30 heavy (non-hydrogen) atoms. The first-order valence-corrected chi connectivity index (χ1v) is 11.7. The van der Waals surface area contributed by atoms with E-state index in [4.69, 9.17) is 4.98 Å². The molecule has 3 aliphatic carbocycles. The van der Waals surface area contributed by atoms with E-state index in [-0.39, 0.29) is 11.4 Å². The topological polar surface area (TPSA) is 42.0 Å². The van der Waals surface area contributed by atoms with Crippen molar-refractivity contribution in [3.63, 3.8) is 0 Å². The molecule has 3 fully saturated rings. The SMILES string of the molecule is Cc1c(-c2ccccc2)nc2ccc(Br)cc2c1C(=O)NC12CCC(C)(CC1)CC2. The highest BCUT2D eigenvalue weighted by Gasteiger charge is 2.47. The molecular weight excluding hydrogens is 436 g/mol. The molecule has 3 nitrogen and oxygen atoms in total. The number of halogens is 1. The van der Waals surface area contributed by atoms with Gasteiger partial charge in [-0.2, -0.15) is 0 Å². The molecule has 0 saturated heterocycles. The van der Waals surface area contributed by atoms with Crippen molar-refractivity contribution in [2.24, 2.45) is 5.41 Å². The zero-order chi connectivity index (χ0) is 20.9. The predicted molar refractivity (Wildman–Crippen MR) is 126 cm³/mol. The molecule has 0 spiro atoms. The van der Waals surface area contributed by atoms with Gasteiger partial charge in [0.1, 0.15) is 0 Å². The average molecular weight is 463 g/mol. The molecule has 3 aromatic rings. The quantitative estimate of drug-likeness (QED) is 0.463. The lowest BCUT2D eigenvalue weighted by Gasteiger charge is -2.52. The number of hydrogen-bond acceptors (Lipinski definition) is 2. The maximum atomic E-state index is 13.7. The summed E-state index contributed by atoms with van der Waals surface area (Å²) in [6, 6.07) is 16.2. The van der Waals surface area contributed by atoms with E-state index in [0.717, 1.165) is 57.0 Å². The molecule has 3 aliphatic rings. The van der Waals surface area contributed by atoms with Crippen molar-refractivity contribution in [1.29, 1.82) is 0 Å². The highest BCUT2D eigenvalue weighted by Crippen LogP contribution is 2.52. The number of hydrogen-bond donors (Lipinski definition) is 1. The third kappa shape index (κ3) is 3.35. The Morgan fingerprint density at radius 2 is 1.67 bits per heavy atom. The maximum absolute atomic E-state index is 13.7. The molecule has 3 saturated carbocycles. The molecule has 1 heterocycles. The Balaban J connectivity index is 1.61. The van der Waals surface area contributed by atoms with Crippen LogP contribution in [0, 0.1) is 12.3 Å². The maximum Gasteiger partial charge on any atom is 0.252 e. The summed E-state index contributed by atoms with van der Waals surface area (Å²) in [5.74, 6) is 0.0423. The standard InChI is InChI=1S/C26H27BrN2O/c1-17-22(24(30)29-26-13-10-25(2,11-14-26)12-15-26)20-16-19(27)8-9-21(20)28-23(17)18-6-4-3-5-7-18/h3-9,16H,10-15H2,1-2H3,(H,29,30). The summed E-state index contributed by atoms with van der Waals surface area (Å²) in [6.45, 7) is 4.43. The number of fused-ring (bicyclic) bond motifs is 4. The molecule has 4 heteroatoms. The lowest BCUT2D eigenvalue weighted by atomic mass is 9.58. The first kappa shape index (κ1) is 19.7. The number of benzene rings is 2. The number of rotatable bonds is 3. The van der Waals surface area contributed by atoms with E-state index in [0.29, 0.717) is 5.41 Å². The van der Waals surface area contributed by atoms with Gasteiger partial charge in [-0.25, -0.2) is 4.98 Å². The number of carbonyl (C=O) groups excluding carboxylic acids is 1. The summed E-state index contributed by atoms with van der Waals surface area (Å²) >= 11 is 3.58. The normalized spacial score (nSPS) is 25.4. The van der Waals surface area contributed by atoms with Crippen LogP contribution in [0.25, 0.3) is 22.2 Å². The second-order valence-electron chi connectivity index (χ2n) is 9.53. The van der Waals surface area contributed by atoms with E-state index < -0.39 is 0 Å². The van der Waals surface area contributed by atoms with Crippen molar-refractivity contribution in [3.8, 4) is 11.3 Å². The Morgan fingerprint density at radius 3 is 2.33 bits per heavy atom. The van der Waals surface area contributed by atoms with Crippen molar-refractivity contribution in [2.45, 2.75) is 57.9 Å². The Hall–Kier alpha value is -2.20. The number of pyridine rings is 1. The lowest BCUT2D eigenvalue weighted by Crippen LogP contribution is -2.56. The summed E-state index contributed by atoms with van der Waals surface area (Å²) in [7, 11) is 0. The van der Waals surface area contributed by atoms with Gasteiger partial charge in [-0.15, -0.1) is 0 Å². The van der Waals surface area contributed by atoms with Crippen molar-refractivity contribution in [3.05, 3.63) is 64.1 Å². The fraction of sp³-hybridized carbons (Fsp3) is 0.385. The van der Waals surface area contributed by atoms with Crippen LogP contribution < -0.4 is 5.32 Å². The van der Waals surface area contributed by atoms with Crippen LogP contribution in [0.4, 0.5) is 0 Å². The minimum absolute atomic E-state index is 0.0423. The fourth-order valence-corrected chi connectivity index (χ4v) is 5.73. The van der Waals surface area contributed by atoms with Gasteiger partial charge >= 0.3 is 0 Å². The zero-order valence-corrected chi connectivity index (χ0v) is 19.2. The summed E-state index contributed by atoms with van der Waals surface area (Å²) in [4.78, 5) is 18.7. The van der Waals surface area contributed by atoms with Gasteiger partial charge in [-0.1, -0.05) is 53.2 Å². The first-order chi connectivity index (χ1) is 14.4. The summed E-state index contributed by atoms with van der Waals surface area (Å²) in [5.41, 5.74) is 4.91. The molecular formula is C26H27BrN2O. The largest absolute Gasteiger partial charge is 0.347 e. The molecule has 0 aliphatic heterocycles. The van der Waals surface area contributed by atoms with E-state index >= 15 is 0 Å². The molecule has 154 valence electrons. The molecule has 1 N–H and O–H groups in total. The molecule has 0 atom stereocenters. The third-order valence-electron chi connectivity index (χ3n) is 7.46. The van der Waals surface area contributed by atoms with Gasteiger partial charge in [0.15, 0.2) is 0 Å². The fourth-order valence-electron chi connectivity index (χ4n) is 5.36. The zero-order valence-electron chi connectivity index (χ0n) is 17.6. The summed E-state index contributed by atoms with van der Waals surface area (Å²) in [5, 5.41) is 4.41. The molecule has 6 rings (SSSR count). The molecule has 2 aromatic carbocycles. The van der Waals surface area contributed by atoms with Gasteiger partial charge < -0.3 is 5.32 Å². The van der Waals surface area contributed by atoms with Gasteiger partial charge in [-0.3, -0.25) is 4.79 Å². The van der Waals surface area contributed by atoms with Gasteiger partial charge in [0.05, 0.1) is 16.8 Å². The van der Waals surface area contributed by atoms with Crippen LogP contribution in [0.5, 0.6) is 0 Å². The molecule has 1 amide bonds. The number of nitrogens with zero attached hydrogens (tertiary/aromatic N) is 1. The third-order valence-corrected chi connectivity index (χ3v) is 7.96. The Labute approximate surface area is 186 Å². The van der Waals surface area contributed by atoms with Crippen LogP contribution in [-0.4, -0.2) is 16.4 Å². The lowest BCUT2D eigenvalue weighted by molar-refractivity contribution is 0.0339.